The van der Waals surface area contributed by atoms with Crippen LogP contribution in [0.15, 0.2) is 24.3 Å². The summed E-state index contributed by atoms with van der Waals surface area (Å²) in [6.45, 7) is 0.408. The van der Waals surface area contributed by atoms with E-state index in [0.29, 0.717) is 24.9 Å². The predicted molar refractivity (Wildman–Crippen MR) is 65.5 cm³/mol. The third-order valence-electron chi connectivity index (χ3n) is 2.93. The lowest BCUT2D eigenvalue weighted by atomic mass is 9.89. The van der Waals surface area contributed by atoms with Crippen molar-refractivity contribution in [3.8, 4) is 0 Å². The van der Waals surface area contributed by atoms with Gasteiger partial charge >= 0.3 is 6.18 Å². The third-order valence-corrected chi connectivity index (χ3v) is 2.93. The minimum atomic E-state index is -4.38. The Bertz CT molecular complexity index is 392. The van der Waals surface area contributed by atoms with E-state index in [1.165, 1.54) is 19.2 Å². The first-order chi connectivity index (χ1) is 8.83. The minimum Gasteiger partial charge on any atom is -0.383 e. The van der Waals surface area contributed by atoms with Gasteiger partial charge < -0.3 is 15.6 Å². The van der Waals surface area contributed by atoms with Crippen molar-refractivity contribution < 1.29 is 23.0 Å². The van der Waals surface area contributed by atoms with Gasteiger partial charge in [0.15, 0.2) is 0 Å². The van der Waals surface area contributed by atoms with Crippen LogP contribution < -0.4 is 5.73 Å². The van der Waals surface area contributed by atoms with Crippen LogP contribution in [0.3, 0.4) is 0 Å². The molecule has 0 saturated heterocycles. The van der Waals surface area contributed by atoms with Gasteiger partial charge in [0.05, 0.1) is 12.2 Å². The van der Waals surface area contributed by atoms with E-state index in [4.69, 9.17) is 10.5 Å². The maximum atomic E-state index is 12.5. The predicted octanol–water partition coefficient (Wildman–Crippen LogP) is 2.28. The highest BCUT2D eigenvalue weighted by molar-refractivity contribution is 5.28. The number of nitrogens with two attached hydrogens (primary N) is 1. The minimum absolute atomic E-state index is 0.0123. The molecule has 0 aliphatic carbocycles. The molecule has 1 aromatic carbocycles. The van der Waals surface area contributed by atoms with E-state index in [1.807, 2.05) is 0 Å². The third kappa shape index (κ3) is 4.19. The molecule has 108 valence electrons. The van der Waals surface area contributed by atoms with Crippen molar-refractivity contribution >= 4 is 0 Å². The largest absolute Gasteiger partial charge is 0.416 e. The molecule has 19 heavy (non-hydrogen) atoms. The molecule has 1 unspecified atom stereocenters. The molecular weight excluding hydrogens is 259 g/mol. The van der Waals surface area contributed by atoms with Gasteiger partial charge in [0.1, 0.15) is 5.60 Å². The van der Waals surface area contributed by atoms with Crippen molar-refractivity contribution in [1.82, 2.24) is 0 Å². The molecule has 3 nitrogen and oxygen atoms in total. The van der Waals surface area contributed by atoms with Crippen molar-refractivity contribution in [2.75, 3.05) is 20.3 Å². The van der Waals surface area contributed by atoms with Gasteiger partial charge in [0.2, 0.25) is 0 Å². The summed E-state index contributed by atoms with van der Waals surface area (Å²) >= 11 is 0. The quantitative estimate of drug-likeness (QED) is 0.838. The molecule has 1 rings (SSSR count). The molecule has 0 aromatic heterocycles. The zero-order valence-corrected chi connectivity index (χ0v) is 10.7. The molecule has 0 radical (unpaired) electrons. The van der Waals surface area contributed by atoms with Crippen molar-refractivity contribution in [3.05, 3.63) is 35.4 Å². The smallest absolute Gasteiger partial charge is 0.383 e. The molecule has 3 N–H and O–H groups in total. The van der Waals surface area contributed by atoms with Crippen LogP contribution in [0.4, 0.5) is 13.2 Å². The van der Waals surface area contributed by atoms with Crippen LogP contribution in [-0.2, 0) is 16.5 Å². The summed E-state index contributed by atoms with van der Waals surface area (Å²) in [6.07, 6.45) is -3.49. The standard InChI is InChI=1S/C13H18F3NO2/c1-19-9-12(18,7-2-8-17)10-3-5-11(6-4-10)13(14,15)16/h3-6,18H,2,7-9,17H2,1H3. The number of alkyl halides is 3. The molecule has 0 heterocycles. The summed E-state index contributed by atoms with van der Waals surface area (Å²) in [5.74, 6) is 0. The van der Waals surface area contributed by atoms with Gasteiger partial charge in [0, 0.05) is 7.11 Å². The van der Waals surface area contributed by atoms with E-state index in [-0.39, 0.29) is 6.61 Å². The van der Waals surface area contributed by atoms with E-state index >= 15 is 0 Å². The molecule has 0 spiro atoms. The van der Waals surface area contributed by atoms with Crippen molar-refractivity contribution in [1.29, 1.82) is 0 Å². The van der Waals surface area contributed by atoms with E-state index in [9.17, 15) is 18.3 Å². The molecular formula is C13H18F3NO2. The normalized spacial score (nSPS) is 15.3. The maximum absolute atomic E-state index is 12.5. The van der Waals surface area contributed by atoms with Crippen molar-refractivity contribution in [3.63, 3.8) is 0 Å². The van der Waals surface area contributed by atoms with Crippen LogP contribution in [0, 0.1) is 0 Å². The van der Waals surface area contributed by atoms with Gasteiger partial charge in [-0.25, -0.2) is 0 Å². The molecule has 6 heteroatoms. The Morgan fingerprint density at radius 3 is 2.11 bits per heavy atom. The first kappa shape index (κ1) is 15.9. The van der Waals surface area contributed by atoms with E-state index in [2.05, 4.69) is 0 Å². The average Bonchev–Trinajstić information content (AvgIpc) is 2.36. The average molecular weight is 277 g/mol. The maximum Gasteiger partial charge on any atom is 0.416 e. The second-order valence-electron chi connectivity index (χ2n) is 4.43. The first-order valence-electron chi connectivity index (χ1n) is 5.92. The first-order valence-corrected chi connectivity index (χ1v) is 5.92. The van der Waals surface area contributed by atoms with E-state index in [0.717, 1.165) is 12.1 Å². The Morgan fingerprint density at radius 1 is 1.16 bits per heavy atom. The Balaban J connectivity index is 2.97. The lowest BCUT2D eigenvalue weighted by Gasteiger charge is -2.28. The van der Waals surface area contributed by atoms with Gasteiger partial charge in [-0.1, -0.05) is 12.1 Å². The number of aliphatic hydroxyl groups is 1. The van der Waals surface area contributed by atoms with Gasteiger partial charge in [-0.05, 0) is 37.1 Å². The number of halogens is 3. The number of rotatable bonds is 6. The summed E-state index contributed by atoms with van der Waals surface area (Å²) in [6, 6.07) is 4.47. The fourth-order valence-electron chi connectivity index (χ4n) is 1.90. The molecule has 1 aromatic rings. The van der Waals surface area contributed by atoms with Crippen LogP contribution in [0.2, 0.25) is 0 Å². The second-order valence-corrected chi connectivity index (χ2v) is 4.43. The summed E-state index contributed by atoms with van der Waals surface area (Å²) in [5.41, 5.74) is 3.74. The second kappa shape index (κ2) is 6.36. The topological polar surface area (TPSA) is 55.5 Å². The lowest BCUT2D eigenvalue weighted by Crippen LogP contribution is -2.32. The number of benzene rings is 1. The van der Waals surface area contributed by atoms with Crippen LogP contribution in [0.1, 0.15) is 24.0 Å². The molecule has 0 saturated carbocycles. The fraction of sp³-hybridized carbons (Fsp3) is 0.538. The zero-order chi connectivity index (χ0) is 14.5. The van der Waals surface area contributed by atoms with Gasteiger partial charge in [0.25, 0.3) is 0 Å². The fourth-order valence-corrected chi connectivity index (χ4v) is 1.90. The number of ether oxygens (including phenoxy) is 1. The Kier molecular flexibility index (Phi) is 5.34. The van der Waals surface area contributed by atoms with Crippen LogP contribution in [0.25, 0.3) is 0 Å². The van der Waals surface area contributed by atoms with Crippen LogP contribution in [-0.4, -0.2) is 25.4 Å². The highest BCUT2D eigenvalue weighted by Gasteiger charge is 2.33. The molecule has 0 aliphatic heterocycles. The SMILES string of the molecule is COCC(O)(CCCN)c1ccc(C(F)(F)F)cc1. The van der Waals surface area contributed by atoms with Gasteiger partial charge in [-0.15, -0.1) is 0 Å². The number of hydrogen-bond donors (Lipinski definition) is 2. The summed E-state index contributed by atoms with van der Waals surface area (Å²) in [7, 11) is 1.43. The Labute approximate surface area is 110 Å². The Morgan fingerprint density at radius 2 is 1.68 bits per heavy atom. The van der Waals surface area contributed by atoms with Gasteiger partial charge in [-0.2, -0.15) is 13.2 Å². The molecule has 0 bridgehead atoms. The number of hydrogen-bond acceptors (Lipinski definition) is 3. The molecule has 0 aliphatic rings. The molecule has 1 atom stereocenters. The summed E-state index contributed by atoms with van der Waals surface area (Å²) in [5, 5.41) is 10.4. The monoisotopic (exact) mass is 277 g/mol. The molecule has 0 fully saturated rings. The van der Waals surface area contributed by atoms with Crippen molar-refractivity contribution in [2.45, 2.75) is 24.6 Å². The lowest BCUT2D eigenvalue weighted by molar-refractivity contribution is -0.137. The van der Waals surface area contributed by atoms with Crippen LogP contribution >= 0.6 is 0 Å². The van der Waals surface area contributed by atoms with Crippen molar-refractivity contribution in [2.24, 2.45) is 5.73 Å². The highest BCUT2D eigenvalue weighted by atomic mass is 19.4. The van der Waals surface area contributed by atoms with Crippen LogP contribution in [0.5, 0.6) is 0 Å². The zero-order valence-electron chi connectivity index (χ0n) is 10.7. The summed E-state index contributed by atoms with van der Waals surface area (Å²) < 4.78 is 42.3. The van der Waals surface area contributed by atoms with E-state index in [1.54, 1.807) is 0 Å². The molecule has 0 amide bonds. The van der Waals surface area contributed by atoms with Gasteiger partial charge in [-0.3, -0.25) is 0 Å². The van der Waals surface area contributed by atoms with E-state index < -0.39 is 17.3 Å². The summed E-state index contributed by atoms with van der Waals surface area (Å²) in [4.78, 5) is 0. The number of methoxy groups -OCH3 is 1. The highest BCUT2D eigenvalue weighted by Crippen LogP contribution is 2.32. The Hall–Kier alpha value is -1.11.